The number of hydrogen-bond donors (Lipinski definition) is 1. The predicted molar refractivity (Wildman–Crippen MR) is 138 cm³/mol. The molecule has 1 N–H and O–H groups in total. The number of hydrogen-bond acceptors (Lipinski definition) is 8. The monoisotopic (exact) mass is 532 g/mol. The van der Waals surface area contributed by atoms with Gasteiger partial charge in [0, 0.05) is 11.8 Å². The van der Waals surface area contributed by atoms with Gasteiger partial charge in [-0.2, -0.15) is 0 Å². The Morgan fingerprint density at radius 3 is 2.63 bits per heavy atom. The van der Waals surface area contributed by atoms with Crippen LogP contribution in [0.4, 0.5) is 9.52 Å². The Morgan fingerprint density at radius 1 is 1.16 bits per heavy atom. The maximum absolute atomic E-state index is 15.2. The number of esters is 1. The summed E-state index contributed by atoms with van der Waals surface area (Å²) in [6.07, 6.45) is 3.07. The molecule has 1 amide bonds. The first kappa shape index (κ1) is 25.0. The fraction of sp³-hybridized carbons (Fsp3) is 0.148. The molecule has 1 fully saturated rings. The van der Waals surface area contributed by atoms with E-state index in [1.165, 1.54) is 24.3 Å². The van der Waals surface area contributed by atoms with Crippen molar-refractivity contribution in [3.63, 3.8) is 0 Å². The molecule has 4 heterocycles. The van der Waals surface area contributed by atoms with Gasteiger partial charge in [0.2, 0.25) is 0 Å². The van der Waals surface area contributed by atoms with Crippen LogP contribution in [-0.2, 0) is 14.3 Å². The van der Waals surface area contributed by atoms with Gasteiger partial charge in [0.25, 0.3) is 5.78 Å². The fourth-order valence-electron chi connectivity index (χ4n) is 4.42. The second-order valence-electron chi connectivity index (χ2n) is 8.46. The number of aromatic nitrogens is 3. The van der Waals surface area contributed by atoms with Crippen LogP contribution in [0.15, 0.2) is 66.9 Å². The lowest BCUT2D eigenvalue weighted by molar-refractivity contribution is -0.132. The Kier molecular flexibility index (Phi) is 6.37. The molecule has 1 aromatic carbocycles. The summed E-state index contributed by atoms with van der Waals surface area (Å²) in [7, 11) is 0. The summed E-state index contributed by atoms with van der Waals surface area (Å²) in [4.78, 5) is 49.3. The topological polar surface area (TPSA) is 114 Å². The van der Waals surface area contributed by atoms with Crippen LogP contribution in [0.5, 0.6) is 0 Å². The zero-order chi connectivity index (χ0) is 27.1. The first-order valence-corrected chi connectivity index (χ1v) is 12.3. The second-order valence-corrected chi connectivity index (χ2v) is 9.44. The average molecular weight is 533 g/mol. The number of aliphatic hydroxyl groups excluding tert-OH is 1. The van der Waals surface area contributed by atoms with E-state index in [0.717, 1.165) is 16.2 Å². The van der Waals surface area contributed by atoms with Gasteiger partial charge in [-0.15, -0.1) is 0 Å². The van der Waals surface area contributed by atoms with Gasteiger partial charge in [0.15, 0.2) is 10.9 Å². The van der Waals surface area contributed by atoms with E-state index in [1.807, 2.05) is 0 Å². The number of ether oxygens (including phenoxy) is 1. The predicted octanol–water partition coefficient (Wildman–Crippen LogP) is 4.52. The van der Waals surface area contributed by atoms with Crippen molar-refractivity contribution in [2.45, 2.75) is 19.9 Å². The van der Waals surface area contributed by atoms with Crippen LogP contribution in [0.2, 0.25) is 0 Å². The van der Waals surface area contributed by atoms with E-state index in [-0.39, 0.29) is 39.1 Å². The lowest BCUT2D eigenvalue weighted by atomic mass is 9.96. The molecule has 11 heteroatoms. The zero-order valence-corrected chi connectivity index (χ0v) is 21.2. The van der Waals surface area contributed by atoms with Gasteiger partial charge >= 0.3 is 11.9 Å². The number of carbonyl (C=O) groups is 3. The number of Topliss-reactive ketones (excluding diaryl/α,β-unsaturated/α-hetero) is 1. The highest BCUT2D eigenvalue weighted by molar-refractivity contribution is 7.17. The highest BCUT2D eigenvalue weighted by atomic mass is 32.1. The quantitative estimate of drug-likeness (QED) is 0.128. The molecule has 1 saturated heterocycles. The number of imidazole rings is 1. The molecule has 38 heavy (non-hydrogen) atoms. The SMILES string of the molecule is C=CCOC(=O)c1sc(N2C(=O)C(=O)/C(=C(/O)c3c(C)nc4ccccn34)C2c2ccccc2F)nc1C. The summed E-state index contributed by atoms with van der Waals surface area (Å²) in [6, 6.07) is 9.52. The van der Waals surface area contributed by atoms with Gasteiger partial charge in [-0.3, -0.25) is 18.9 Å². The van der Waals surface area contributed by atoms with Crippen LogP contribution in [-0.4, -0.2) is 43.7 Å². The van der Waals surface area contributed by atoms with Crippen molar-refractivity contribution in [1.82, 2.24) is 14.4 Å². The van der Waals surface area contributed by atoms with E-state index in [1.54, 1.807) is 48.7 Å². The Hall–Kier alpha value is -4.64. The number of nitrogens with zero attached hydrogens (tertiary/aromatic N) is 4. The molecule has 1 atom stereocenters. The molecule has 0 aliphatic carbocycles. The van der Waals surface area contributed by atoms with Crippen LogP contribution >= 0.6 is 11.3 Å². The molecule has 1 unspecified atom stereocenters. The van der Waals surface area contributed by atoms with E-state index < -0.39 is 35.3 Å². The van der Waals surface area contributed by atoms with E-state index >= 15 is 4.39 Å². The number of ketones is 1. The third kappa shape index (κ3) is 3.97. The van der Waals surface area contributed by atoms with Gasteiger partial charge < -0.3 is 9.84 Å². The number of pyridine rings is 1. The Balaban J connectivity index is 1.73. The van der Waals surface area contributed by atoms with Crippen LogP contribution in [0.3, 0.4) is 0 Å². The van der Waals surface area contributed by atoms with Crippen molar-refractivity contribution in [3.05, 3.63) is 100 Å². The molecule has 4 aromatic rings. The molecule has 0 spiro atoms. The number of anilines is 1. The molecular formula is C27H21FN4O5S. The third-order valence-electron chi connectivity index (χ3n) is 6.08. The maximum Gasteiger partial charge on any atom is 0.350 e. The molecule has 0 radical (unpaired) electrons. The van der Waals surface area contributed by atoms with E-state index in [9.17, 15) is 19.5 Å². The number of aryl methyl sites for hydroxylation is 2. The highest BCUT2D eigenvalue weighted by Crippen LogP contribution is 2.44. The smallest absolute Gasteiger partial charge is 0.350 e. The third-order valence-corrected chi connectivity index (χ3v) is 7.22. The number of aliphatic hydroxyl groups is 1. The van der Waals surface area contributed by atoms with Crippen molar-refractivity contribution < 1.29 is 28.6 Å². The lowest BCUT2D eigenvalue weighted by Gasteiger charge is -2.23. The lowest BCUT2D eigenvalue weighted by Crippen LogP contribution is -2.29. The normalized spacial score (nSPS) is 16.8. The molecular weight excluding hydrogens is 511 g/mol. The van der Waals surface area contributed by atoms with Gasteiger partial charge in [-0.05, 0) is 32.0 Å². The number of benzene rings is 1. The van der Waals surface area contributed by atoms with Crippen LogP contribution < -0.4 is 4.90 Å². The van der Waals surface area contributed by atoms with Crippen molar-refractivity contribution in [3.8, 4) is 0 Å². The van der Waals surface area contributed by atoms with Crippen LogP contribution in [0, 0.1) is 19.7 Å². The number of thiazole rings is 1. The van der Waals surface area contributed by atoms with Gasteiger partial charge in [-0.25, -0.2) is 19.2 Å². The van der Waals surface area contributed by atoms with Crippen molar-refractivity contribution in [2.24, 2.45) is 0 Å². The van der Waals surface area contributed by atoms with E-state index in [0.29, 0.717) is 11.3 Å². The summed E-state index contributed by atoms with van der Waals surface area (Å²) in [5.41, 5.74) is 1.04. The molecule has 192 valence electrons. The minimum atomic E-state index is -1.35. The Morgan fingerprint density at radius 2 is 1.89 bits per heavy atom. The summed E-state index contributed by atoms with van der Waals surface area (Å²) in [5, 5.41) is 11.5. The van der Waals surface area contributed by atoms with Crippen LogP contribution in [0.1, 0.15) is 38.4 Å². The summed E-state index contributed by atoms with van der Waals surface area (Å²) in [5.74, 6) is -3.92. The van der Waals surface area contributed by atoms with E-state index in [2.05, 4.69) is 16.5 Å². The summed E-state index contributed by atoms with van der Waals surface area (Å²) >= 11 is 0.831. The van der Waals surface area contributed by atoms with E-state index in [4.69, 9.17) is 4.74 Å². The number of rotatable bonds is 6. The molecule has 5 rings (SSSR count). The molecule has 3 aromatic heterocycles. The van der Waals surface area contributed by atoms with Gasteiger partial charge in [0.05, 0.1) is 17.0 Å². The molecule has 1 aliphatic heterocycles. The summed E-state index contributed by atoms with van der Waals surface area (Å²) < 4.78 is 21.9. The highest BCUT2D eigenvalue weighted by Gasteiger charge is 2.49. The van der Waals surface area contributed by atoms with Gasteiger partial charge in [-0.1, -0.05) is 48.3 Å². The van der Waals surface area contributed by atoms with Crippen LogP contribution in [0.25, 0.3) is 11.4 Å². The van der Waals surface area contributed by atoms with Crippen molar-refractivity contribution in [1.29, 1.82) is 0 Å². The Labute approximate surface area is 220 Å². The zero-order valence-electron chi connectivity index (χ0n) is 20.3. The average Bonchev–Trinajstić information content (AvgIpc) is 3.53. The first-order valence-electron chi connectivity index (χ1n) is 11.5. The minimum absolute atomic E-state index is 0.0164. The molecule has 0 bridgehead atoms. The molecule has 9 nitrogen and oxygen atoms in total. The van der Waals surface area contributed by atoms with Crippen molar-refractivity contribution >= 4 is 45.5 Å². The largest absolute Gasteiger partial charge is 0.505 e. The number of halogens is 1. The first-order chi connectivity index (χ1) is 18.2. The number of amides is 1. The Bertz CT molecular complexity index is 1670. The fourth-order valence-corrected chi connectivity index (χ4v) is 5.41. The number of fused-ring (bicyclic) bond motifs is 1. The minimum Gasteiger partial charge on any atom is -0.505 e. The number of carbonyl (C=O) groups excluding carboxylic acids is 3. The standard InChI is InChI=1S/C27H21FN4O5S/c1-4-13-37-26(36)24-15(3)30-27(38-24)32-21(16-9-5-6-10-17(16)28)19(23(34)25(32)35)22(33)20-14(2)29-18-11-7-8-12-31(18)20/h4-12,21,33H,1,13H2,2-3H3/b22-19+. The second kappa shape index (κ2) is 9.67. The van der Waals surface area contributed by atoms with Crippen molar-refractivity contribution in [2.75, 3.05) is 11.5 Å². The van der Waals surface area contributed by atoms with Gasteiger partial charge in [0.1, 0.15) is 34.7 Å². The molecule has 0 saturated carbocycles. The maximum atomic E-state index is 15.2. The molecule has 1 aliphatic rings. The summed E-state index contributed by atoms with van der Waals surface area (Å²) in [6.45, 7) is 6.69.